The van der Waals surface area contributed by atoms with Crippen molar-refractivity contribution in [2.24, 2.45) is 33.7 Å². The van der Waals surface area contributed by atoms with E-state index in [-0.39, 0.29) is 44.6 Å². The summed E-state index contributed by atoms with van der Waals surface area (Å²) < 4.78 is 0. The van der Waals surface area contributed by atoms with Gasteiger partial charge in [-0.3, -0.25) is 48.1 Å². The van der Waals surface area contributed by atoms with Gasteiger partial charge in [0.25, 0.3) is 0 Å². The van der Waals surface area contributed by atoms with Gasteiger partial charge in [0.2, 0.25) is 47.3 Å². The van der Waals surface area contributed by atoms with E-state index in [1.165, 1.54) is 24.3 Å². The van der Waals surface area contributed by atoms with Crippen molar-refractivity contribution in [3.8, 4) is 0 Å². The molecule has 1 aromatic carbocycles. The van der Waals surface area contributed by atoms with Gasteiger partial charge >= 0.3 is 11.9 Å². The molecule has 0 aliphatic carbocycles. The number of thioether (sulfide) groups is 1. The van der Waals surface area contributed by atoms with Gasteiger partial charge in [-0.15, -0.1) is 0 Å². The Morgan fingerprint density at radius 2 is 1.20 bits per heavy atom. The Labute approximate surface area is 382 Å². The third-order valence-corrected chi connectivity index (χ3v) is 10.1. The Morgan fingerprint density at radius 1 is 0.667 bits per heavy atom. The predicted molar refractivity (Wildman–Crippen MR) is 237 cm³/mol. The summed E-state index contributed by atoms with van der Waals surface area (Å²) in [6, 6.07) is -2.55. The molecular formula is C39H58N14O12S. The zero-order chi connectivity index (χ0) is 49.3. The number of aliphatic carboxylic acids is 2. The zero-order valence-corrected chi connectivity index (χ0v) is 36.8. The minimum absolute atomic E-state index is 0.0133. The maximum atomic E-state index is 14.1. The van der Waals surface area contributed by atoms with Crippen LogP contribution in [0, 0.1) is 0 Å². The second kappa shape index (κ2) is 28.5. The number of aromatic nitrogens is 2. The van der Waals surface area contributed by atoms with Gasteiger partial charge in [-0.2, -0.15) is 11.8 Å². The first kappa shape index (κ1) is 54.8. The fourth-order valence-electron chi connectivity index (χ4n) is 6.04. The molecule has 0 radical (unpaired) electrons. The normalized spacial score (nSPS) is 14.0. The van der Waals surface area contributed by atoms with Gasteiger partial charge in [-0.05, 0) is 43.3 Å². The highest BCUT2D eigenvalue weighted by atomic mass is 32.2. The summed E-state index contributed by atoms with van der Waals surface area (Å²) in [6.45, 7) is 0.0133. The summed E-state index contributed by atoms with van der Waals surface area (Å²) in [5.41, 5.74) is 28.2. The molecule has 0 aliphatic rings. The smallest absolute Gasteiger partial charge is 0.326 e. The number of carbonyl (C=O) groups is 10. The molecule has 0 spiro atoms. The Bertz CT molecular complexity index is 2020. The number of aliphatic imine (C=N–C) groups is 1. The van der Waals surface area contributed by atoms with Gasteiger partial charge in [0.15, 0.2) is 5.96 Å². The van der Waals surface area contributed by atoms with Crippen LogP contribution in [0.3, 0.4) is 0 Å². The molecule has 27 heteroatoms. The molecule has 26 nitrogen and oxygen atoms in total. The van der Waals surface area contributed by atoms with E-state index in [0.29, 0.717) is 17.0 Å². The number of imidazole rings is 1. The van der Waals surface area contributed by atoms with Crippen LogP contribution in [0.4, 0.5) is 0 Å². The highest BCUT2D eigenvalue weighted by Crippen LogP contribution is 2.10. The molecule has 1 heterocycles. The van der Waals surface area contributed by atoms with Crippen LogP contribution in [0.15, 0.2) is 47.8 Å². The summed E-state index contributed by atoms with van der Waals surface area (Å²) in [6.07, 6.45) is 1.43. The van der Waals surface area contributed by atoms with Crippen molar-refractivity contribution in [2.45, 2.75) is 100 Å². The molecule has 0 saturated carbocycles. The Kier molecular flexibility index (Phi) is 23.7. The van der Waals surface area contributed by atoms with Crippen molar-refractivity contribution in [3.63, 3.8) is 0 Å². The van der Waals surface area contributed by atoms with E-state index < -0.39 is 127 Å². The van der Waals surface area contributed by atoms with Crippen LogP contribution in [0.25, 0.3) is 0 Å². The van der Waals surface area contributed by atoms with E-state index in [0.717, 1.165) is 0 Å². The monoisotopic (exact) mass is 946 g/mol. The van der Waals surface area contributed by atoms with Gasteiger partial charge in [0, 0.05) is 37.7 Å². The van der Waals surface area contributed by atoms with E-state index in [1.807, 2.05) is 0 Å². The van der Waals surface area contributed by atoms with Crippen LogP contribution in [0.2, 0.25) is 0 Å². The molecule has 2 aromatic rings. The summed E-state index contributed by atoms with van der Waals surface area (Å²) in [5, 5.41) is 33.3. The molecule has 0 saturated heterocycles. The minimum atomic E-state index is -1.82. The van der Waals surface area contributed by atoms with Crippen molar-refractivity contribution < 1.29 is 58.2 Å². The number of nitrogens with two attached hydrogens (primary N) is 5. The third kappa shape index (κ3) is 20.9. The number of amides is 8. The maximum Gasteiger partial charge on any atom is 0.326 e. The maximum absolute atomic E-state index is 14.1. The van der Waals surface area contributed by atoms with Gasteiger partial charge in [0.1, 0.15) is 36.3 Å². The van der Waals surface area contributed by atoms with E-state index in [1.54, 1.807) is 36.6 Å². The minimum Gasteiger partial charge on any atom is -0.481 e. The fraction of sp³-hybridized carbons (Fsp3) is 0.487. The third-order valence-electron chi connectivity index (χ3n) is 9.41. The fourth-order valence-corrected chi connectivity index (χ4v) is 6.51. The number of primary amides is 2. The van der Waals surface area contributed by atoms with E-state index >= 15 is 0 Å². The number of hydrogen-bond donors (Lipinski definition) is 14. The summed E-state index contributed by atoms with van der Waals surface area (Å²) in [5.74, 6) is -10.7. The lowest BCUT2D eigenvalue weighted by molar-refractivity contribution is -0.142. The largest absolute Gasteiger partial charge is 0.481 e. The van der Waals surface area contributed by atoms with E-state index in [2.05, 4.69) is 46.9 Å². The lowest BCUT2D eigenvalue weighted by atomic mass is 10.0. The lowest BCUT2D eigenvalue weighted by Gasteiger charge is -2.27. The highest BCUT2D eigenvalue weighted by molar-refractivity contribution is 7.98. The first-order chi connectivity index (χ1) is 31.2. The number of nitrogens with one attached hydrogen (secondary N) is 7. The molecule has 2 rings (SSSR count). The van der Waals surface area contributed by atoms with Gasteiger partial charge < -0.3 is 75.8 Å². The number of guanidine groups is 1. The molecule has 7 atom stereocenters. The molecule has 362 valence electrons. The van der Waals surface area contributed by atoms with Crippen LogP contribution in [-0.4, -0.2) is 146 Å². The highest BCUT2D eigenvalue weighted by Gasteiger charge is 2.35. The molecule has 66 heavy (non-hydrogen) atoms. The predicted octanol–water partition coefficient (Wildman–Crippen LogP) is -5.06. The Hall–Kier alpha value is -7.29. The van der Waals surface area contributed by atoms with E-state index in [9.17, 15) is 53.1 Å². The summed E-state index contributed by atoms with van der Waals surface area (Å²) >= 11 is 1.34. The molecular weight excluding hydrogens is 889 g/mol. The average molecular weight is 947 g/mol. The second-order valence-corrected chi connectivity index (χ2v) is 15.8. The van der Waals surface area contributed by atoms with Gasteiger partial charge in [-0.25, -0.2) is 9.78 Å². The number of hydrogen-bond acceptors (Lipinski definition) is 14. The number of carbonyl (C=O) groups excluding carboxylic acids is 8. The molecule has 1 aromatic heterocycles. The van der Waals surface area contributed by atoms with Crippen LogP contribution < -0.4 is 60.6 Å². The Morgan fingerprint density at radius 3 is 1.73 bits per heavy atom. The molecule has 0 fully saturated rings. The van der Waals surface area contributed by atoms with Crippen LogP contribution in [-0.2, 0) is 60.8 Å². The SMILES string of the molecule is CSCC[C@H](NC(=O)[C@H](CCCN=C(N)N)NC(=O)[C@H](CCC(N)=O)NC(=O)[C@H](CC(N)=O)NC(=O)[C@H](Cc1ccccc1)NC(=O)[C@H](Cc1cnc[nH]1)NC(=O)[C@@H](N)CC(=O)O)C(=O)O. The van der Waals surface area contributed by atoms with E-state index in [4.69, 9.17) is 33.8 Å². The number of rotatable bonds is 31. The zero-order valence-electron chi connectivity index (χ0n) is 36.0. The number of carboxylic acid groups (broad SMARTS) is 2. The Balaban J connectivity index is 2.46. The molecule has 0 unspecified atom stereocenters. The van der Waals surface area contributed by atoms with Gasteiger partial charge in [-0.1, -0.05) is 30.3 Å². The first-order valence-corrected chi connectivity index (χ1v) is 21.7. The van der Waals surface area contributed by atoms with Crippen LogP contribution in [0.1, 0.15) is 56.2 Å². The van der Waals surface area contributed by atoms with Crippen LogP contribution >= 0.6 is 11.8 Å². The standard InChI is InChI=1S/C39H58N14O12S/c1-66-13-11-25(38(64)65)50-33(59)23(8-5-12-46-39(43)44)48-34(60)24(9-10-29(41)54)49-37(63)28(17-30(42)55)53-35(61)26(14-20-6-3-2-4-7-20)52-36(62)27(15-21-18-45-19-47-21)51-32(58)22(40)16-31(56)57/h2-4,6-7,18-19,22-28H,5,8-17,40H2,1H3,(H2,41,54)(H2,42,55)(H,45,47)(H,48,60)(H,49,63)(H,50,59)(H,51,58)(H,52,62)(H,53,61)(H,56,57)(H,64,65)(H4,43,44,46)/t22-,23-,24-,25-,26-,27-,28-/m0/s1. The lowest BCUT2D eigenvalue weighted by Crippen LogP contribution is -2.60. The quantitative estimate of drug-likeness (QED) is 0.0191. The van der Waals surface area contributed by atoms with Crippen molar-refractivity contribution >= 4 is 76.9 Å². The van der Waals surface area contributed by atoms with Gasteiger partial charge in [0.05, 0.1) is 25.2 Å². The number of carboxylic acids is 2. The van der Waals surface area contributed by atoms with Crippen molar-refractivity contribution in [1.29, 1.82) is 0 Å². The van der Waals surface area contributed by atoms with Crippen LogP contribution in [0.5, 0.6) is 0 Å². The number of benzene rings is 1. The number of H-pyrrole nitrogens is 1. The molecule has 8 amide bonds. The first-order valence-electron chi connectivity index (χ1n) is 20.3. The van der Waals surface area contributed by atoms with Crippen molar-refractivity contribution in [1.82, 2.24) is 41.9 Å². The molecule has 19 N–H and O–H groups in total. The second-order valence-electron chi connectivity index (χ2n) is 14.8. The number of aromatic amines is 1. The topological polar surface area (TPSA) is 454 Å². The molecule has 0 bridgehead atoms. The van der Waals surface area contributed by atoms with Crippen molar-refractivity contribution in [3.05, 3.63) is 54.1 Å². The average Bonchev–Trinajstić information content (AvgIpc) is 3.76. The summed E-state index contributed by atoms with van der Waals surface area (Å²) in [4.78, 5) is 140. The summed E-state index contributed by atoms with van der Waals surface area (Å²) in [7, 11) is 0. The van der Waals surface area contributed by atoms with Crippen molar-refractivity contribution in [2.75, 3.05) is 18.6 Å². The molecule has 0 aliphatic heterocycles. The number of nitrogens with zero attached hydrogens (tertiary/aromatic N) is 2.